The lowest BCUT2D eigenvalue weighted by molar-refractivity contribution is -0.660. The molecule has 0 amide bonds. The molecule has 4 saturated carbocycles. The quantitative estimate of drug-likeness (QED) is 0.135. The molecule has 4 spiro atoms. The van der Waals surface area contributed by atoms with Crippen LogP contribution in [-0.4, -0.2) is 0 Å². The van der Waals surface area contributed by atoms with E-state index in [-0.39, 0.29) is 0 Å². The number of aromatic nitrogens is 4. The highest BCUT2D eigenvalue weighted by molar-refractivity contribution is 5.73. The predicted octanol–water partition coefficient (Wildman–Crippen LogP) is 24.1. The van der Waals surface area contributed by atoms with Crippen molar-refractivity contribution in [2.75, 3.05) is 0 Å². The van der Waals surface area contributed by atoms with Crippen LogP contribution in [0.15, 0.2) is 243 Å². The monoisotopic (exact) mass is 1440 g/mol. The van der Waals surface area contributed by atoms with Crippen molar-refractivity contribution < 1.29 is 18.3 Å². The van der Waals surface area contributed by atoms with Crippen LogP contribution in [0.2, 0.25) is 0 Å². The van der Waals surface area contributed by atoms with Gasteiger partial charge in [-0.15, -0.1) is 0 Å². The fourth-order valence-corrected chi connectivity index (χ4v) is 22.1. The van der Waals surface area contributed by atoms with Crippen LogP contribution in [0.1, 0.15) is 189 Å². The summed E-state index contributed by atoms with van der Waals surface area (Å²) in [5.74, 6) is 0. The average Bonchev–Trinajstić information content (AvgIpc) is 1.66. The zero-order chi connectivity index (χ0) is 75.1. The van der Waals surface area contributed by atoms with Gasteiger partial charge in [0.15, 0.2) is 24.8 Å². The molecule has 20 rings (SSSR count). The molecule has 0 bridgehead atoms. The van der Waals surface area contributed by atoms with Crippen LogP contribution in [0.4, 0.5) is 0 Å². The van der Waals surface area contributed by atoms with E-state index in [2.05, 4.69) is 317 Å². The van der Waals surface area contributed by atoms with Gasteiger partial charge in [-0.3, -0.25) is 0 Å². The largest absolute Gasteiger partial charge is 0.212 e. The number of hydrogen-bond acceptors (Lipinski definition) is 0. The highest BCUT2D eigenvalue weighted by Crippen LogP contribution is 2.54. The molecule has 0 aliphatic heterocycles. The SMILES string of the molecule is Cc1ccccc1-c1ccc(-c2ccc3c(c2)C2(CCCC2)CC3)c[n+]1C.Cc1ccccc1-c1ccc(-c2ccc3c(c2)CC2(CCCCC2)C3)c[n+]1C.Cc1ccccc1-c1ccc(-c2ccc3c(c2)CCC2(CCCC2)C3)c[n+]1C.Cc1ccccc1-c1ccc(-c2cccc3c2CC2(CCCC2)C3)c[n+]1C. The van der Waals surface area contributed by atoms with Crippen molar-refractivity contribution in [3.63, 3.8) is 0 Å². The summed E-state index contributed by atoms with van der Waals surface area (Å²) in [6.45, 7) is 8.74. The van der Waals surface area contributed by atoms with Gasteiger partial charge in [-0.05, 0) is 296 Å². The van der Waals surface area contributed by atoms with Crippen molar-refractivity contribution in [3.8, 4) is 89.5 Å². The van der Waals surface area contributed by atoms with Crippen molar-refractivity contribution in [3.05, 3.63) is 310 Å². The molecule has 4 heteroatoms. The maximum absolute atomic E-state index is 2.51. The fourth-order valence-electron chi connectivity index (χ4n) is 22.1. The van der Waals surface area contributed by atoms with Crippen LogP contribution in [0, 0.1) is 43.9 Å². The van der Waals surface area contributed by atoms with Crippen LogP contribution in [0.3, 0.4) is 0 Å². The van der Waals surface area contributed by atoms with Gasteiger partial charge >= 0.3 is 0 Å². The van der Waals surface area contributed by atoms with Gasteiger partial charge in [0.2, 0.25) is 22.8 Å². The van der Waals surface area contributed by atoms with Crippen molar-refractivity contribution >= 4 is 0 Å². The Bertz CT molecular complexity index is 5410. The van der Waals surface area contributed by atoms with Crippen LogP contribution < -0.4 is 18.3 Å². The van der Waals surface area contributed by atoms with E-state index >= 15 is 0 Å². The maximum Gasteiger partial charge on any atom is 0.212 e. The molecule has 8 aromatic carbocycles. The van der Waals surface area contributed by atoms with E-state index in [4.69, 9.17) is 0 Å². The van der Waals surface area contributed by atoms with Crippen molar-refractivity contribution in [1.29, 1.82) is 0 Å². The zero-order valence-electron chi connectivity index (χ0n) is 67.3. The molecule has 0 saturated heterocycles. The van der Waals surface area contributed by atoms with Gasteiger partial charge < -0.3 is 0 Å². The molecule has 8 aliphatic carbocycles. The van der Waals surface area contributed by atoms with Gasteiger partial charge in [-0.1, -0.05) is 203 Å². The third kappa shape index (κ3) is 14.8. The minimum Gasteiger partial charge on any atom is -0.200 e. The lowest BCUT2D eigenvalue weighted by Gasteiger charge is -2.35. The highest BCUT2D eigenvalue weighted by atomic mass is 14.9. The average molecular weight is 1450 g/mol. The Morgan fingerprint density at radius 3 is 1.06 bits per heavy atom. The summed E-state index contributed by atoms with van der Waals surface area (Å²) in [5.41, 5.74) is 41.6. The topological polar surface area (TPSA) is 15.5 Å². The number of hydrogen-bond donors (Lipinski definition) is 0. The summed E-state index contributed by atoms with van der Waals surface area (Å²) in [6, 6.07) is 81.4. The van der Waals surface area contributed by atoms with Gasteiger partial charge in [0.25, 0.3) is 0 Å². The molecular weight excluding hydrogens is 1330 g/mol. The Kier molecular flexibility index (Phi) is 20.6. The van der Waals surface area contributed by atoms with E-state index in [9.17, 15) is 0 Å². The van der Waals surface area contributed by atoms with Crippen molar-refractivity contribution in [2.24, 2.45) is 44.4 Å². The number of pyridine rings is 4. The molecular formula is C106H116N4+4. The first-order valence-corrected chi connectivity index (χ1v) is 42.3. The van der Waals surface area contributed by atoms with Crippen molar-refractivity contribution in [1.82, 2.24) is 0 Å². The van der Waals surface area contributed by atoms with Gasteiger partial charge in [0.05, 0.1) is 0 Å². The molecule has 0 N–H and O–H groups in total. The van der Waals surface area contributed by atoms with E-state index in [0.717, 1.165) is 0 Å². The summed E-state index contributed by atoms with van der Waals surface area (Å²) in [5, 5.41) is 0. The van der Waals surface area contributed by atoms with Gasteiger partial charge in [0, 0.05) is 68.8 Å². The summed E-state index contributed by atoms with van der Waals surface area (Å²) < 4.78 is 9.10. The lowest BCUT2D eigenvalue weighted by atomic mass is 9.70. The van der Waals surface area contributed by atoms with E-state index in [1.54, 1.807) is 44.5 Å². The first kappa shape index (κ1) is 73.2. The van der Waals surface area contributed by atoms with E-state index in [0.29, 0.717) is 21.7 Å². The smallest absolute Gasteiger partial charge is 0.200 e. The summed E-state index contributed by atoms with van der Waals surface area (Å²) in [6.07, 6.45) is 45.2. The number of rotatable bonds is 8. The molecule has 0 atom stereocenters. The molecule has 4 aromatic heterocycles. The minimum absolute atomic E-state index is 0.495. The molecule has 4 nitrogen and oxygen atoms in total. The summed E-state index contributed by atoms with van der Waals surface area (Å²) >= 11 is 0. The van der Waals surface area contributed by atoms with Gasteiger partial charge in [0.1, 0.15) is 28.2 Å². The molecule has 12 aromatic rings. The second-order valence-electron chi connectivity index (χ2n) is 35.5. The lowest BCUT2D eigenvalue weighted by Crippen LogP contribution is -2.31. The van der Waals surface area contributed by atoms with Crippen LogP contribution in [0.25, 0.3) is 89.5 Å². The molecule has 4 fully saturated rings. The first-order chi connectivity index (χ1) is 53.6. The Labute approximate surface area is 658 Å². The molecule has 556 valence electrons. The van der Waals surface area contributed by atoms with Crippen molar-refractivity contribution in [2.45, 2.75) is 200 Å². The number of nitrogens with zero attached hydrogens (tertiary/aromatic N) is 4. The normalized spacial score (nSPS) is 17.5. The van der Waals surface area contributed by atoms with Gasteiger partial charge in [-0.2, -0.15) is 0 Å². The Hall–Kier alpha value is -9.64. The first-order valence-electron chi connectivity index (χ1n) is 42.3. The third-order valence-electron chi connectivity index (χ3n) is 28.3. The van der Waals surface area contributed by atoms with Crippen LogP contribution in [-0.2, 0) is 78.6 Å². The zero-order valence-corrected chi connectivity index (χ0v) is 67.3. The highest BCUT2D eigenvalue weighted by Gasteiger charge is 2.43. The minimum atomic E-state index is 0.495. The van der Waals surface area contributed by atoms with Crippen LogP contribution >= 0.6 is 0 Å². The maximum atomic E-state index is 2.51. The Balaban J connectivity index is 0.000000107. The summed E-state index contributed by atoms with van der Waals surface area (Å²) in [4.78, 5) is 0. The summed E-state index contributed by atoms with van der Waals surface area (Å²) in [7, 11) is 8.66. The molecule has 8 aliphatic rings. The van der Waals surface area contributed by atoms with E-state index in [1.165, 1.54) is 279 Å². The molecule has 4 heterocycles. The fraction of sp³-hybridized carbons (Fsp3) is 0.358. The van der Waals surface area contributed by atoms with Crippen LogP contribution in [0.5, 0.6) is 0 Å². The Morgan fingerprint density at radius 2 is 0.582 bits per heavy atom. The van der Waals surface area contributed by atoms with E-state index < -0.39 is 0 Å². The molecule has 0 radical (unpaired) electrons. The number of benzene rings is 8. The van der Waals surface area contributed by atoms with E-state index in [1.807, 2.05) is 0 Å². The third-order valence-corrected chi connectivity index (χ3v) is 28.3. The molecule has 110 heavy (non-hydrogen) atoms. The second-order valence-corrected chi connectivity index (χ2v) is 35.5. The predicted molar refractivity (Wildman–Crippen MR) is 456 cm³/mol. The second kappa shape index (κ2) is 30.9. The number of fused-ring (bicyclic) bond motifs is 5. The number of aryl methyl sites for hydroxylation is 10. The Morgan fingerprint density at radius 1 is 0.236 bits per heavy atom. The standard InChI is InChI=1S/2C27H30N.2C26H28N/c1-20-8-4-5-9-25(20)26-13-12-23(19-28(26)2)21-10-11-22-17-27(18-24(22)16-21)14-6-3-7-15-27;1-20-7-3-4-8-25(20)26-12-11-24(19-28(26)2)21-9-10-23-18-27(14-5-6-15-27)16-13-22(23)17-21;1-19-8-3-4-10-22(19)25-13-12-21(18-27(25)2)23-11-7-9-20-16-26(17-24(20)23)14-5-6-15-26;1-19-7-3-4-8-23(19)25-12-11-22(18-27(25)2)21-10-9-20-13-16-26(24(20)17-21)14-5-6-15-26/h4-5,8-13,16,19H,3,6-7,14-15,17-18H2,1-2H3;3-4,7-12,17,19H,5-6,13-16,18H2,1-2H3;3-4,7-13,18H,5-6,14-17H2,1-2H3;3-4,7-12,17-18H,5-6,13-16H2,1-2H3/q4*+1. The molecule has 0 unspecified atom stereocenters. The van der Waals surface area contributed by atoms with Gasteiger partial charge in [-0.25, -0.2) is 18.3 Å².